The van der Waals surface area contributed by atoms with E-state index in [-0.39, 0.29) is 5.69 Å². The van der Waals surface area contributed by atoms with Gasteiger partial charge in [0.1, 0.15) is 5.75 Å². The van der Waals surface area contributed by atoms with E-state index in [0.29, 0.717) is 53.7 Å². The third-order valence-corrected chi connectivity index (χ3v) is 3.29. The van der Waals surface area contributed by atoms with Crippen molar-refractivity contribution in [2.45, 2.75) is 12.8 Å². The van der Waals surface area contributed by atoms with Gasteiger partial charge in [-0.15, -0.1) is 0 Å². The van der Waals surface area contributed by atoms with Crippen LogP contribution in [0.25, 0.3) is 0 Å². The topological polar surface area (TPSA) is 61.6 Å². The molecule has 0 saturated carbocycles. The van der Waals surface area contributed by atoms with Crippen LogP contribution in [-0.2, 0) is 12.8 Å². The van der Waals surface area contributed by atoms with Crippen molar-refractivity contribution in [3.05, 3.63) is 26.3 Å². The fraction of sp³-hybridized carbons (Fsp3) is 0.400. The van der Waals surface area contributed by atoms with E-state index in [4.69, 9.17) is 21.1 Å². The average molecular weight is 242 g/mol. The van der Waals surface area contributed by atoms with Crippen LogP contribution < -0.4 is 9.47 Å². The Morgan fingerprint density at radius 3 is 2.44 bits per heavy atom. The van der Waals surface area contributed by atoms with Gasteiger partial charge in [-0.25, -0.2) is 0 Å². The average Bonchev–Trinajstić information content (AvgIpc) is 2.84. The summed E-state index contributed by atoms with van der Waals surface area (Å²) < 4.78 is 10.7. The molecule has 1 aromatic rings. The highest BCUT2D eigenvalue weighted by Gasteiger charge is 2.36. The summed E-state index contributed by atoms with van der Waals surface area (Å²) in [6.07, 6.45) is 1.12. The Bertz CT molecular complexity index is 465. The van der Waals surface area contributed by atoms with E-state index in [1.165, 1.54) is 0 Å². The van der Waals surface area contributed by atoms with Crippen LogP contribution >= 0.6 is 11.6 Å². The molecule has 1 aromatic carbocycles. The number of fused-ring (bicyclic) bond motifs is 2. The second kappa shape index (κ2) is 3.25. The van der Waals surface area contributed by atoms with Gasteiger partial charge in [0.05, 0.1) is 28.7 Å². The quantitative estimate of drug-likeness (QED) is 0.558. The molecule has 0 aliphatic carbocycles. The van der Waals surface area contributed by atoms with E-state index in [0.717, 1.165) is 0 Å². The van der Waals surface area contributed by atoms with Crippen LogP contribution in [0.2, 0.25) is 5.02 Å². The van der Waals surface area contributed by atoms with Crippen molar-refractivity contribution in [3.63, 3.8) is 0 Å². The number of halogens is 1. The molecule has 0 radical (unpaired) electrons. The molecule has 16 heavy (non-hydrogen) atoms. The maximum absolute atomic E-state index is 11.1. The maximum Gasteiger partial charge on any atom is 0.318 e. The minimum absolute atomic E-state index is 0.0319. The van der Waals surface area contributed by atoms with Gasteiger partial charge in [-0.05, 0) is 0 Å². The molecular weight excluding hydrogens is 234 g/mol. The Morgan fingerprint density at radius 1 is 1.12 bits per heavy atom. The van der Waals surface area contributed by atoms with Crippen molar-refractivity contribution in [2.24, 2.45) is 0 Å². The summed E-state index contributed by atoms with van der Waals surface area (Å²) in [6.45, 7) is 0.886. The normalized spacial score (nSPS) is 16.3. The van der Waals surface area contributed by atoms with Crippen molar-refractivity contribution in [1.29, 1.82) is 0 Å². The smallest absolute Gasteiger partial charge is 0.318 e. The molecule has 0 spiro atoms. The Labute approximate surface area is 96.1 Å². The molecule has 0 N–H and O–H groups in total. The highest BCUT2D eigenvalue weighted by Crippen LogP contribution is 2.50. The third kappa shape index (κ3) is 1.12. The second-order valence-corrected chi connectivity index (χ2v) is 4.11. The first kappa shape index (κ1) is 9.72. The van der Waals surface area contributed by atoms with Crippen molar-refractivity contribution >= 4 is 17.3 Å². The van der Waals surface area contributed by atoms with Crippen LogP contribution in [0.15, 0.2) is 0 Å². The van der Waals surface area contributed by atoms with Crippen LogP contribution in [0, 0.1) is 10.1 Å². The standard InChI is InChI=1S/C10H8ClNO4/c11-7-5-1-3-16-10(5)8(12(13)14)6-2-4-15-9(6)7/h1-4H2. The molecule has 6 heteroatoms. The van der Waals surface area contributed by atoms with Crippen LogP contribution in [0.3, 0.4) is 0 Å². The number of nitrogens with zero attached hydrogens (tertiary/aromatic N) is 1. The van der Waals surface area contributed by atoms with Crippen molar-refractivity contribution in [2.75, 3.05) is 13.2 Å². The first-order valence-electron chi connectivity index (χ1n) is 4.97. The summed E-state index contributed by atoms with van der Waals surface area (Å²) >= 11 is 6.15. The predicted octanol–water partition coefficient (Wildman–Crippen LogP) is 2.12. The fourth-order valence-corrected chi connectivity index (χ4v) is 2.57. The lowest BCUT2D eigenvalue weighted by atomic mass is 10.0. The summed E-state index contributed by atoms with van der Waals surface area (Å²) in [5.74, 6) is 0.803. The van der Waals surface area contributed by atoms with E-state index < -0.39 is 4.92 Å². The summed E-state index contributed by atoms with van der Waals surface area (Å²) in [6, 6.07) is 0. The van der Waals surface area contributed by atoms with Crippen molar-refractivity contribution in [1.82, 2.24) is 0 Å². The minimum Gasteiger partial charge on any atom is -0.491 e. The van der Waals surface area contributed by atoms with Crippen LogP contribution in [-0.4, -0.2) is 18.1 Å². The first-order valence-corrected chi connectivity index (χ1v) is 5.35. The van der Waals surface area contributed by atoms with E-state index in [2.05, 4.69) is 0 Å². The van der Waals surface area contributed by atoms with Crippen molar-refractivity contribution in [3.8, 4) is 11.5 Å². The Morgan fingerprint density at radius 2 is 1.75 bits per heavy atom. The Hall–Kier alpha value is -1.49. The van der Waals surface area contributed by atoms with Gasteiger partial charge >= 0.3 is 5.69 Å². The molecule has 0 amide bonds. The molecule has 0 saturated heterocycles. The molecule has 0 unspecified atom stereocenters. The first-order chi connectivity index (χ1) is 7.70. The molecule has 2 aliphatic heterocycles. The van der Waals surface area contributed by atoms with Gasteiger partial charge in [0, 0.05) is 18.4 Å². The van der Waals surface area contributed by atoms with Gasteiger partial charge in [-0.2, -0.15) is 0 Å². The lowest BCUT2D eigenvalue weighted by Crippen LogP contribution is -1.97. The summed E-state index contributed by atoms with van der Waals surface area (Å²) in [7, 11) is 0. The molecular formula is C10H8ClNO4. The molecule has 0 fully saturated rings. The second-order valence-electron chi connectivity index (χ2n) is 3.73. The van der Waals surface area contributed by atoms with Gasteiger partial charge in [-0.1, -0.05) is 11.6 Å². The van der Waals surface area contributed by atoms with Crippen molar-refractivity contribution < 1.29 is 14.4 Å². The number of rotatable bonds is 1. The van der Waals surface area contributed by atoms with E-state index >= 15 is 0 Å². The number of hydrogen-bond donors (Lipinski definition) is 0. The summed E-state index contributed by atoms with van der Waals surface area (Å²) in [5.41, 5.74) is 1.30. The van der Waals surface area contributed by atoms with Gasteiger partial charge < -0.3 is 9.47 Å². The number of nitro groups is 1. The maximum atomic E-state index is 11.1. The number of ether oxygens (including phenoxy) is 2. The zero-order chi connectivity index (χ0) is 11.3. The minimum atomic E-state index is -0.409. The number of benzene rings is 1. The van der Waals surface area contributed by atoms with E-state index in [9.17, 15) is 10.1 Å². The van der Waals surface area contributed by atoms with Gasteiger partial charge in [-0.3, -0.25) is 10.1 Å². The van der Waals surface area contributed by atoms with E-state index in [1.807, 2.05) is 0 Å². The zero-order valence-corrected chi connectivity index (χ0v) is 9.04. The molecule has 0 atom stereocenters. The molecule has 2 aliphatic rings. The Kier molecular flexibility index (Phi) is 1.97. The van der Waals surface area contributed by atoms with E-state index in [1.54, 1.807) is 0 Å². The molecule has 2 heterocycles. The highest BCUT2D eigenvalue weighted by atomic mass is 35.5. The predicted molar refractivity (Wildman–Crippen MR) is 56.5 cm³/mol. The molecule has 84 valence electrons. The molecule has 0 aromatic heterocycles. The lowest BCUT2D eigenvalue weighted by Gasteiger charge is -2.08. The fourth-order valence-electron chi connectivity index (χ4n) is 2.22. The highest BCUT2D eigenvalue weighted by molar-refractivity contribution is 6.33. The monoisotopic (exact) mass is 241 g/mol. The third-order valence-electron chi connectivity index (χ3n) is 2.89. The number of nitro benzene ring substituents is 1. The molecule has 0 bridgehead atoms. The number of hydrogen-bond acceptors (Lipinski definition) is 4. The van der Waals surface area contributed by atoms with Gasteiger partial charge in [0.25, 0.3) is 0 Å². The molecule has 3 rings (SSSR count). The Balaban J connectivity index is 2.36. The molecule has 5 nitrogen and oxygen atoms in total. The SMILES string of the molecule is O=[N+]([O-])c1c2c(c(Cl)c3c1OCC3)OCC2. The van der Waals surface area contributed by atoms with Crippen LogP contribution in [0.1, 0.15) is 11.1 Å². The van der Waals surface area contributed by atoms with Gasteiger partial charge in [0.15, 0.2) is 0 Å². The van der Waals surface area contributed by atoms with Crippen LogP contribution in [0.5, 0.6) is 11.5 Å². The summed E-state index contributed by atoms with van der Waals surface area (Å²) in [4.78, 5) is 10.6. The van der Waals surface area contributed by atoms with Crippen LogP contribution in [0.4, 0.5) is 5.69 Å². The van der Waals surface area contributed by atoms with Gasteiger partial charge in [0.2, 0.25) is 5.75 Å². The summed E-state index contributed by atoms with van der Waals surface area (Å²) in [5, 5.41) is 11.5. The lowest BCUT2D eigenvalue weighted by molar-refractivity contribution is -0.386. The largest absolute Gasteiger partial charge is 0.491 e. The zero-order valence-electron chi connectivity index (χ0n) is 8.29.